The largest absolute Gasteiger partial charge is 0.493 e. The standard InChI is InChI=1S/C12H19NO4/c1-15-10-6-8(9(13)4-5-14)7-11(16-2)12(10)17-3/h6-7,9,14H,4-5,13H2,1-3H3. The van der Waals surface area contributed by atoms with Crippen LogP contribution in [0.15, 0.2) is 12.1 Å². The van der Waals surface area contributed by atoms with Crippen molar-refractivity contribution >= 4 is 0 Å². The third-order valence-electron chi connectivity index (χ3n) is 2.56. The van der Waals surface area contributed by atoms with E-state index < -0.39 is 0 Å². The molecule has 1 rings (SSSR count). The zero-order valence-electron chi connectivity index (χ0n) is 10.4. The first-order chi connectivity index (χ1) is 8.17. The first-order valence-electron chi connectivity index (χ1n) is 5.34. The Hall–Kier alpha value is -1.46. The van der Waals surface area contributed by atoms with E-state index in [0.29, 0.717) is 23.7 Å². The minimum Gasteiger partial charge on any atom is -0.493 e. The van der Waals surface area contributed by atoms with Crippen LogP contribution in [0.25, 0.3) is 0 Å². The number of hydrogen-bond donors (Lipinski definition) is 2. The lowest BCUT2D eigenvalue weighted by Gasteiger charge is -2.17. The van der Waals surface area contributed by atoms with Crippen LogP contribution in [0, 0.1) is 0 Å². The summed E-state index contributed by atoms with van der Waals surface area (Å²) < 4.78 is 15.7. The van der Waals surface area contributed by atoms with Crippen molar-refractivity contribution in [3.05, 3.63) is 17.7 Å². The predicted molar refractivity (Wildman–Crippen MR) is 64.7 cm³/mol. The van der Waals surface area contributed by atoms with E-state index in [4.69, 9.17) is 25.1 Å². The lowest BCUT2D eigenvalue weighted by atomic mass is 10.0. The summed E-state index contributed by atoms with van der Waals surface area (Å²) in [6.45, 7) is 0.0395. The van der Waals surface area contributed by atoms with Crippen LogP contribution in [0.2, 0.25) is 0 Å². The Morgan fingerprint density at radius 3 is 2.00 bits per heavy atom. The number of nitrogens with two attached hydrogens (primary N) is 1. The molecule has 0 saturated carbocycles. The molecule has 0 aromatic heterocycles. The molecule has 0 heterocycles. The number of aliphatic hydroxyl groups is 1. The van der Waals surface area contributed by atoms with Crippen LogP contribution in [0.5, 0.6) is 17.2 Å². The van der Waals surface area contributed by atoms with Gasteiger partial charge in [-0.15, -0.1) is 0 Å². The molecule has 3 N–H and O–H groups in total. The van der Waals surface area contributed by atoms with Crippen LogP contribution in [-0.2, 0) is 0 Å². The number of ether oxygens (including phenoxy) is 3. The van der Waals surface area contributed by atoms with Gasteiger partial charge in [-0.1, -0.05) is 0 Å². The van der Waals surface area contributed by atoms with Gasteiger partial charge < -0.3 is 25.1 Å². The van der Waals surface area contributed by atoms with Gasteiger partial charge in [-0.2, -0.15) is 0 Å². The van der Waals surface area contributed by atoms with Gasteiger partial charge in [0.15, 0.2) is 11.5 Å². The predicted octanol–water partition coefficient (Wildman–Crippen LogP) is 1.09. The van der Waals surface area contributed by atoms with Gasteiger partial charge in [-0.3, -0.25) is 0 Å². The highest BCUT2D eigenvalue weighted by atomic mass is 16.5. The SMILES string of the molecule is COc1cc(C(N)CCO)cc(OC)c1OC. The molecule has 17 heavy (non-hydrogen) atoms. The highest BCUT2D eigenvalue weighted by molar-refractivity contribution is 5.54. The van der Waals surface area contributed by atoms with Gasteiger partial charge in [0, 0.05) is 12.6 Å². The maximum absolute atomic E-state index is 8.88. The van der Waals surface area contributed by atoms with Crippen molar-refractivity contribution in [1.29, 1.82) is 0 Å². The molecule has 0 radical (unpaired) electrons. The van der Waals surface area contributed by atoms with Gasteiger partial charge >= 0.3 is 0 Å². The quantitative estimate of drug-likeness (QED) is 0.780. The van der Waals surface area contributed by atoms with Crippen LogP contribution in [0.1, 0.15) is 18.0 Å². The normalized spacial score (nSPS) is 12.1. The highest BCUT2D eigenvalue weighted by Gasteiger charge is 2.16. The second-order valence-corrected chi connectivity index (χ2v) is 3.58. The molecule has 0 aliphatic carbocycles. The van der Waals surface area contributed by atoms with Crippen molar-refractivity contribution in [3.63, 3.8) is 0 Å². The fraction of sp³-hybridized carbons (Fsp3) is 0.500. The Bertz CT molecular complexity index is 343. The minimum absolute atomic E-state index is 0.0395. The third-order valence-corrected chi connectivity index (χ3v) is 2.56. The van der Waals surface area contributed by atoms with Crippen molar-refractivity contribution in [3.8, 4) is 17.2 Å². The summed E-state index contributed by atoms with van der Waals surface area (Å²) >= 11 is 0. The zero-order chi connectivity index (χ0) is 12.8. The van der Waals surface area contributed by atoms with Crippen molar-refractivity contribution in [2.24, 2.45) is 5.73 Å². The molecule has 0 aliphatic heterocycles. The fourth-order valence-electron chi connectivity index (χ4n) is 1.62. The van der Waals surface area contributed by atoms with Crippen LogP contribution in [0.3, 0.4) is 0 Å². The third kappa shape index (κ3) is 3.01. The van der Waals surface area contributed by atoms with Crippen LogP contribution >= 0.6 is 0 Å². The van der Waals surface area contributed by atoms with Crippen molar-refractivity contribution < 1.29 is 19.3 Å². The number of rotatable bonds is 6. The monoisotopic (exact) mass is 241 g/mol. The van der Waals surface area contributed by atoms with Crippen molar-refractivity contribution in [1.82, 2.24) is 0 Å². The lowest BCUT2D eigenvalue weighted by molar-refractivity contribution is 0.276. The van der Waals surface area contributed by atoms with Gasteiger partial charge in [-0.25, -0.2) is 0 Å². The van der Waals surface area contributed by atoms with Gasteiger partial charge in [0.05, 0.1) is 21.3 Å². The van der Waals surface area contributed by atoms with Crippen LogP contribution in [-0.4, -0.2) is 33.0 Å². The molecule has 0 bridgehead atoms. The van der Waals surface area contributed by atoms with E-state index in [1.807, 2.05) is 0 Å². The Labute approximate surface area is 101 Å². The topological polar surface area (TPSA) is 73.9 Å². The summed E-state index contributed by atoms with van der Waals surface area (Å²) in [5.41, 5.74) is 6.77. The van der Waals surface area contributed by atoms with E-state index in [-0.39, 0.29) is 12.6 Å². The molecular weight excluding hydrogens is 222 g/mol. The summed E-state index contributed by atoms with van der Waals surface area (Å²) in [6, 6.07) is 3.33. The van der Waals surface area contributed by atoms with E-state index >= 15 is 0 Å². The van der Waals surface area contributed by atoms with E-state index in [2.05, 4.69) is 0 Å². The summed E-state index contributed by atoms with van der Waals surface area (Å²) in [5.74, 6) is 1.67. The lowest BCUT2D eigenvalue weighted by Crippen LogP contribution is -2.12. The van der Waals surface area contributed by atoms with Crippen LogP contribution < -0.4 is 19.9 Å². The molecule has 96 valence electrons. The molecule has 0 aliphatic rings. The Balaban J connectivity index is 3.17. The molecule has 1 atom stereocenters. The van der Waals surface area contributed by atoms with Crippen molar-refractivity contribution in [2.75, 3.05) is 27.9 Å². The molecule has 0 saturated heterocycles. The van der Waals surface area contributed by atoms with E-state index in [1.54, 1.807) is 33.5 Å². The average Bonchev–Trinajstić information content (AvgIpc) is 2.37. The zero-order valence-corrected chi connectivity index (χ0v) is 10.4. The Morgan fingerprint density at radius 2 is 1.65 bits per heavy atom. The van der Waals surface area contributed by atoms with E-state index in [1.165, 1.54) is 0 Å². The molecule has 0 fully saturated rings. The molecular formula is C12H19NO4. The smallest absolute Gasteiger partial charge is 0.203 e. The summed E-state index contributed by atoms with van der Waals surface area (Å²) in [5, 5.41) is 8.88. The van der Waals surface area contributed by atoms with E-state index in [0.717, 1.165) is 5.56 Å². The number of methoxy groups -OCH3 is 3. The Morgan fingerprint density at radius 1 is 1.12 bits per heavy atom. The molecule has 1 aromatic carbocycles. The maximum atomic E-state index is 8.88. The number of aliphatic hydroxyl groups excluding tert-OH is 1. The summed E-state index contributed by atoms with van der Waals surface area (Å²) in [7, 11) is 4.66. The van der Waals surface area contributed by atoms with Gasteiger partial charge in [-0.05, 0) is 24.1 Å². The molecule has 1 aromatic rings. The highest BCUT2D eigenvalue weighted by Crippen LogP contribution is 2.39. The molecule has 0 spiro atoms. The molecule has 0 amide bonds. The van der Waals surface area contributed by atoms with Crippen LogP contribution in [0.4, 0.5) is 0 Å². The van der Waals surface area contributed by atoms with Gasteiger partial charge in [0.1, 0.15) is 0 Å². The molecule has 5 heteroatoms. The fourth-order valence-corrected chi connectivity index (χ4v) is 1.62. The summed E-state index contributed by atoms with van der Waals surface area (Å²) in [6.07, 6.45) is 0.485. The number of benzene rings is 1. The average molecular weight is 241 g/mol. The van der Waals surface area contributed by atoms with E-state index in [9.17, 15) is 0 Å². The maximum Gasteiger partial charge on any atom is 0.203 e. The summed E-state index contributed by atoms with van der Waals surface area (Å²) in [4.78, 5) is 0. The first kappa shape index (κ1) is 13.6. The molecule has 1 unspecified atom stereocenters. The second kappa shape index (κ2) is 6.32. The first-order valence-corrected chi connectivity index (χ1v) is 5.34. The second-order valence-electron chi connectivity index (χ2n) is 3.58. The van der Waals surface area contributed by atoms with Gasteiger partial charge in [0.25, 0.3) is 0 Å². The minimum atomic E-state index is -0.256. The van der Waals surface area contributed by atoms with Crippen molar-refractivity contribution in [2.45, 2.75) is 12.5 Å². The van der Waals surface area contributed by atoms with Gasteiger partial charge in [0.2, 0.25) is 5.75 Å². The number of hydrogen-bond acceptors (Lipinski definition) is 5. The Kier molecular flexibility index (Phi) is 5.06. The molecule has 5 nitrogen and oxygen atoms in total.